The topological polar surface area (TPSA) is 98.1 Å². The van der Waals surface area contributed by atoms with Crippen LogP contribution < -0.4 is 15.8 Å². The van der Waals surface area contributed by atoms with Gasteiger partial charge in [-0.2, -0.15) is 5.01 Å². The number of imide groups is 1. The number of carbonyl (C=O) groups is 2. The van der Waals surface area contributed by atoms with Gasteiger partial charge < -0.3 is 13.9 Å². The first-order valence-electron chi connectivity index (χ1n) is 7.43. The first-order chi connectivity index (χ1) is 12.0. The summed E-state index contributed by atoms with van der Waals surface area (Å²) in [5, 5.41) is 1.68. The number of nitrogens with one attached hydrogen (secondary N) is 1. The second kappa shape index (κ2) is 6.73. The van der Waals surface area contributed by atoms with Gasteiger partial charge in [-0.25, -0.2) is 4.79 Å². The number of rotatable bonds is 4. The summed E-state index contributed by atoms with van der Waals surface area (Å²) in [4.78, 5) is 36.3. The van der Waals surface area contributed by atoms with Crippen molar-refractivity contribution in [1.82, 2.24) is 5.01 Å². The summed E-state index contributed by atoms with van der Waals surface area (Å²) >= 11 is 6.13. The van der Waals surface area contributed by atoms with Crippen LogP contribution in [0, 0.1) is 0 Å². The highest BCUT2D eigenvalue weighted by molar-refractivity contribution is 6.36. The molecular formula is C16H15ClN2O6. The van der Waals surface area contributed by atoms with E-state index in [0.717, 1.165) is 5.01 Å². The van der Waals surface area contributed by atoms with Crippen LogP contribution in [0.4, 0.5) is 5.69 Å². The number of halogens is 1. The number of benzene rings is 1. The van der Waals surface area contributed by atoms with Gasteiger partial charge >= 0.3 is 11.6 Å². The van der Waals surface area contributed by atoms with E-state index in [1.807, 2.05) is 0 Å². The van der Waals surface area contributed by atoms with Crippen LogP contribution in [-0.2, 0) is 14.3 Å². The van der Waals surface area contributed by atoms with E-state index in [1.165, 1.54) is 20.3 Å². The lowest BCUT2D eigenvalue weighted by molar-refractivity contribution is -0.155. The fourth-order valence-electron chi connectivity index (χ4n) is 2.62. The molecule has 2 amide bonds. The molecule has 2 heterocycles. The number of hydrogen-bond donors (Lipinski definition) is 1. The van der Waals surface area contributed by atoms with Crippen molar-refractivity contribution in [2.45, 2.75) is 18.9 Å². The summed E-state index contributed by atoms with van der Waals surface area (Å²) in [6.45, 7) is 0. The molecule has 25 heavy (non-hydrogen) atoms. The van der Waals surface area contributed by atoms with Crippen LogP contribution in [0.3, 0.4) is 0 Å². The van der Waals surface area contributed by atoms with Crippen molar-refractivity contribution < 1.29 is 23.5 Å². The third-order valence-corrected chi connectivity index (χ3v) is 4.27. The zero-order chi connectivity index (χ0) is 18.1. The minimum absolute atomic E-state index is 0.0794. The van der Waals surface area contributed by atoms with Crippen molar-refractivity contribution in [2.75, 3.05) is 19.6 Å². The lowest BCUT2D eigenvalue weighted by atomic mass is 10.1. The zero-order valence-corrected chi connectivity index (χ0v) is 14.3. The number of ether oxygens (including phenoxy) is 2. The Morgan fingerprint density at radius 1 is 1.24 bits per heavy atom. The summed E-state index contributed by atoms with van der Waals surface area (Å²) in [6, 6.07) is 4.61. The molecule has 3 rings (SSSR count). The molecule has 2 aromatic rings. The molecule has 8 nitrogen and oxygen atoms in total. The molecule has 1 saturated heterocycles. The maximum absolute atomic E-state index is 12.2. The van der Waals surface area contributed by atoms with Gasteiger partial charge in [-0.1, -0.05) is 17.7 Å². The van der Waals surface area contributed by atoms with Gasteiger partial charge in [0, 0.05) is 18.9 Å². The van der Waals surface area contributed by atoms with Crippen LogP contribution in [-0.4, -0.2) is 37.1 Å². The lowest BCUT2D eigenvalue weighted by Gasteiger charge is -2.30. The standard InChI is InChI=1S/C16H15ClN2O6/c1-23-11-5-6-12(20)19(14(11)21)18-8-3-4-9-10(7-8)15(22)25-16(24-2)13(9)17/h3-4,7,11,18H,5-6H2,1-2H3. The molecule has 0 radical (unpaired) electrons. The number of hydrogen-bond acceptors (Lipinski definition) is 7. The number of nitrogens with zero attached hydrogens (tertiary/aromatic N) is 1. The average Bonchev–Trinajstić information content (AvgIpc) is 2.61. The predicted molar refractivity (Wildman–Crippen MR) is 89.6 cm³/mol. The van der Waals surface area contributed by atoms with E-state index in [9.17, 15) is 14.4 Å². The third kappa shape index (κ3) is 3.06. The Hall–Kier alpha value is -2.58. The number of methoxy groups -OCH3 is 2. The van der Waals surface area contributed by atoms with Crippen LogP contribution in [0.1, 0.15) is 12.8 Å². The van der Waals surface area contributed by atoms with Crippen LogP contribution >= 0.6 is 11.6 Å². The van der Waals surface area contributed by atoms with Gasteiger partial charge in [0.2, 0.25) is 5.91 Å². The second-order valence-corrected chi connectivity index (χ2v) is 5.78. The fourth-order valence-corrected chi connectivity index (χ4v) is 2.90. The Balaban J connectivity index is 1.97. The molecule has 132 valence electrons. The molecule has 1 aliphatic rings. The Labute approximate surface area is 147 Å². The minimum Gasteiger partial charge on any atom is -0.467 e. The summed E-state index contributed by atoms with van der Waals surface area (Å²) in [7, 11) is 2.75. The minimum atomic E-state index is -0.686. The van der Waals surface area contributed by atoms with E-state index in [2.05, 4.69) is 5.43 Å². The van der Waals surface area contributed by atoms with E-state index < -0.39 is 17.6 Å². The molecule has 1 unspecified atom stereocenters. The van der Waals surface area contributed by atoms with E-state index in [1.54, 1.807) is 12.1 Å². The Morgan fingerprint density at radius 3 is 2.68 bits per heavy atom. The highest BCUT2D eigenvalue weighted by Gasteiger charge is 2.34. The quantitative estimate of drug-likeness (QED) is 0.825. The van der Waals surface area contributed by atoms with Gasteiger partial charge in [0.15, 0.2) is 0 Å². The molecule has 1 aromatic heterocycles. The maximum Gasteiger partial charge on any atom is 0.346 e. The number of hydrazine groups is 1. The van der Waals surface area contributed by atoms with Gasteiger partial charge in [-0.05, 0) is 18.6 Å². The number of anilines is 1. The van der Waals surface area contributed by atoms with Crippen molar-refractivity contribution in [3.63, 3.8) is 0 Å². The Kier molecular flexibility index (Phi) is 4.65. The van der Waals surface area contributed by atoms with Gasteiger partial charge in [-0.3, -0.25) is 15.0 Å². The van der Waals surface area contributed by atoms with E-state index >= 15 is 0 Å². The monoisotopic (exact) mass is 366 g/mol. The predicted octanol–water partition coefficient (Wildman–Crippen LogP) is 1.95. The second-order valence-electron chi connectivity index (χ2n) is 5.40. The number of carbonyl (C=O) groups excluding carboxylic acids is 2. The van der Waals surface area contributed by atoms with Gasteiger partial charge in [0.05, 0.1) is 18.2 Å². The normalized spacial score (nSPS) is 17.9. The fraction of sp³-hybridized carbons (Fsp3) is 0.312. The molecule has 1 atom stereocenters. The number of amides is 2. The van der Waals surface area contributed by atoms with Crippen LogP contribution in [0.5, 0.6) is 5.95 Å². The van der Waals surface area contributed by atoms with Gasteiger partial charge in [0.25, 0.3) is 5.91 Å². The molecule has 1 aliphatic heterocycles. The van der Waals surface area contributed by atoms with Crippen molar-refractivity contribution in [3.05, 3.63) is 33.6 Å². The van der Waals surface area contributed by atoms with Crippen molar-refractivity contribution in [3.8, 4) is 5.95 Å². The molecule has 1 N–H and O–H groups in total. The van der Waals surface area contributed by atoms with Crippen LogP contribution in [0.15, 0.2) is 27.4 Å². The zero-order valence-electron chi connectivity index (χ0n) is 13.5. The highest BCUT2D eigenvalue weighted by Crippen LogP contribution is 2.31. The SMILES string of the molecule is COc1oc(=O)c2cc(NN3C(=O)CCC(OC)C3=O)ccc2c1Cl. The summed E-state index contributed by atoms with van der Waals surface area (Å²) in [5.41, 5.74) is 2.42. The molecule has 0 aliphatic carbocycles. The van der Waals surface area contributed by atoms with Crippen molar-refractivity contribution in [2.24, 2.45) is 0 Å². The number of piperidine rings is 1. The Morgan fingerprint density at radius 2 is 2.00 bits per heavy atom. The lowest BCUT2D eigenvalue weighted by Crippen LogP contribution is -2.51. The van der Waals surface area contributed by atoms with Gasteiger partial charge in [0.1, 0.15) is 11.1 Å². The molecule has 0 bridgehead atoms. The van der Waals surface area contributed by atoms with E-state index in [4.69, 9.17) is 25.5 Å². The summed E-state index contributed by atoms with van der Waals surface area (Å²) < 4.78 is 15.0. The molecule has 9 heteroatoms. The van der Waals surface area contributed by atoms with Crippen LogP contribution in [0.2, 0.25) is 5.02 Å². The van der Waals surface area contributed by atoms with Crippen molar-refractivity contribution >= 4 is 39.9 Å². The first kappa shape index (κ1) is 17.2. The summed E-state index contributed by atoms with van der Waals surface area (Å²) in [6.07, 6.45) is -0.173. The highest BCUT2D eigenvalue weighted by atomic mass is 35.5. The molecule has 0 saturated carbocycles. The first-order valence-corrected chi connectivity index (χ1v) is 7.80. The molecule has 1 aromatic carbocycles. The van der Waals surface area contributed by atoms with Gasteiger partial charge in [-0.15, -0.1) is 0 Å². The Bertz CT molecular complexity index is 909. The molecule has 0 spiro atoms. The summed E-state index contributed by atoms with van der Waals surface area (Å²) in [5.74, 6) is -0.943. The average molecular weight is 367 g/mol. The number of fused-ring (bicyclic) bond motifs is 1. The maximum atomic E-state index is 12.2. The largest absolute Gasteiger partial charge is 0.467 e. The smallest absolute Gasteiger partial charge is 0.346 e. The van der Waals surface area contributed by atoms with E-state index in [-0.39, 0.29) is 28.7 Å². The van der Waals surface area contributed by atoms with E-state index in [0.29, 0.717) is 17.5 Å². The van der Waals surface area contributed by atoms with Crippen molar-refractivity contribution in [1.29, 1.82) is 0 Å². The van der Waals surface area contributed by atoms with Crippen LogP contribution in [0.25, 0.3) is 10.8 Å². The molecular weight excluding hydrogens is 352 g/mol. The third-order valence-electron chi connectivity index (χ3n) is 3.92. The molecule has 1 fully saturated rings.